The third-order valence-corrected chi connectivity index (χ3v) is 7.71. The molecule has 254 valence electrons. The second kappa shape index (κ2) is 13.6. The Labute approximate surface area is 262 Å². The van der Waals surface area contributed by atoms with Crippen LogP contribution in [0.25, 0.3) is 34.0 Å². The number of alkyl halides is 11. The fourth-order valence-electron chi connectivity index (χ4n) is 4.82. The Balaban J connectivity index is 1.43. The molecule has 0 radical (unpaired) electrons. The number of hydrogen-bond acceptors (Lipinski definition) is 3. The lowest BCUT2D eigenvalue weighted by atomic mass is 9.93. The molecule has 0 unspecified atom stereocenters. The Bertz CT molecular complexity index is 1600. The van der Waals surface area contributed by atoms with Crippen molar-refractivity contribution in [3.63, 3.8) is 0 Å². The fraction of sp³-hybridized carbons (Fsp3) is 0.394. The summed E-state index contributed by atoms with van der Waals surface area (Å²) in [4.78, 5) is 4.10. The van der Waals surface area contributed by atoms with Gasteiger partial charge in [0.1, 0.15) is 0 Å². The topological polar surface area (TPSA) is 38.9 Å². The van der Waals surface area contributed by atoms with Gasteiger partial charge in [-0.15, -0.1) is 0 Å². The zero-order valence-electron chi connectivity index (χ0n) is 24.8. The first-order valence-corrected chi connectivity index (χ1v) is 14.7. The van der Waals surface area contributed by atoms with Gasteiger partial charge in [0.2, 0.25) is 5.82 Å². The van der Waals surface area contributed by atoms with Gasteiger partial charge in [0, 0.05) is 16.7 Å². The van der Waals surface area contributed by atoms with Crippen LogP contribution in [0, 0.1) is 0 Å². The van der Waals surface area contributed by atoms with E-state index in [1.54, 1.807) is 12.1 Å². The van der Waals surface area contributed by atoms with E-state index in [4.69, 9.17) is 4.52 Å². The maximum Gasteiger partial charge on any atom is 0.460 e. The summed E-state index contributed by atoms with van der Waals surface area (Å²) in [6, 6.07) is 16.8. The average molecular weight is 679 g/mol. The molecule has 0 amide bonds. The Morgan fingerprint density at radius 2 is 1.02 bits per heavy atom. The normalized spacial score (nSPS) is 13.3. The van der Waals surface area contributed by atoms with Gasteiger partial charge in [-0.25, -0.2) is 0 Å². The monoisotopic (exact) mass is 678 g/mol. The molecular formula is C33H29F11N2O. The van der Waals surface area contributed by atoms with Gasteiger partial charge in [0.25, 0.3) is 5.89 Å². The molecule has 0 bridgehead atoms. The molecule has 0 fully saturated rings. The first kappa shape index (κ1) is 35.9. The van der Waals surface area contributed by atoms with Crippen molar-refractivity contribution in [3.8, 4) is 34.0 Å². The fourth-order valence-corrected chi connectivity index (χ4v) is 4.82. The van der Waals surface area contributed by atoms with E-state index in [2.05, 4.69) is 29.2 Å². The quantitative estimate of drug-likeness (QED) is 0.0984. The Morgan fingerprint density at radius 1 is 0.532 bits per heavy atom. The SMILES string of the molecule is CCCCCCCCc1ccc(-c2ccc(-c3noc(-c4ccc(C(F)(F)C(F)(F)C(F)(F)C(F)(F)C(F)(F)F)cc4)n3)cc2)cc1. The zero-order chi connectivity index (χ0) is 34.7. The molecule has 1 aromatic heterocycles. The molecule has 0 saturated carbocycles. The highest BCUT2D eigenvalue weighted by Gasteiger charge is 2.87. The summed E-state index contributed by atoms with van der Waals surface area (Å²) in [7, 11) is 0. The number of unbranched alkanes of at least 4 members (excludes halogenated alkanes) is 5. The van der Waals surface area contributed by atoms with Crippen molar-refractivity contribution in [1.29, 1.82) is 0 Å². The summed E-state index contributed by atoms with van der Waals surface area (Å²) < 4.78 is 153. The van der Waals surface area contributed by atoms with E-state index in [0.717, 1.165) is 24.0 Å². The van der Waals surface area contributed by atoms with E-state index in [0.29, 0.717) is 17.7 Å². The molecule has 0 saturated heterocycles. The summed E-state index contributed by atoms with van der Waals surface area (Å²) in [5.41, 5.74) is 1.49. The van der Waals surface area contributed by atoms with Gasteiger partial charge >= 0.3 is 29.9 Å². The van der Waals surface area contributed by atoms with Gasteiger partial charge in [-0.05, 0) is 41.7 Å². The third-order valence-electron chi connectivity index (χ3n) is 7.71. The molecule has 0 atom stereocenters. The van der Waals surface area contributed by atoms with Gasteiger partial charge in [0.05, 0.1) is 0 Å². The van der Waals surface area contributed by atoms with E-state index in [1.165, 1.54) is 37.7 Å². The highest BCUT2D eigenvalue weighted by Crippen LogP contribution is 2.59. The van der Waals surface area contributed by atoms with Crippen LogP contribution in [0.4, 0.5) is 48.3 Å². The van der Waals surface area contributed by atoms with Crippen LogP contribution < -0.4 is 0 Å². The minimum Gasteiger partial charge on any atom is -0.334 e. The summed E-state index contributed by atoms with van der Waals surface area (Å²) >= 11 is 0. The maximum atomic E-state index is 14.4. The number of nitrogens with zero attached hydrogens (tertiary/aromatic N) is 2. The van der Waals surface area contributed by atoms with Gasteiger partial charge in [-0.3, -0.25) is 0 Å². The number of aromatic nitrogens is 2. The van der Waals surface area contributed by atoms with E-state index >= 15 is 0 Å². The Morgan fingerprint density at radius 3 is 1.57 bits per heavy atom. The lowest BCUT2D eigenvalue weighted by Gasteiger charge is -2.37. The molecule has 0 spiro atoms. The van der Waals surface area contributed by atoms with E-state index in [9.17, 15) is 48.3 Å². The van der Waals surface area contributed by atoms with Crippen LogP contribution in [-0.4, -0.2) is 34.1 Å². The highest BCUT2D eigenvalue weighted by molar-refractivity contribution is 5.68. The lowest BCUT2D eigenvalue weighted by molar-refractivity contribution is -0.424. The number of benzene rings is 3. The predicted octanol–water partition coefficient (Wildman–Crippen LogP) is 11.5. The van der Waals surface area contributed by atoms with E-state index < -0.39 is 35.4 Å². The van der Waals surface area contributed by atoms with E-state index in [-0.39, 0.29) is 29.4 Å². The first-order valence-electron chi connectivity index (χ1n) is 14.7. The van der Waals surface area contributed by atoms with E-state index in [1.807, 2.05) is 24.3 Å². The summed E-state index contributed by atoms with van der Waals surface area (Å²) in [6.07, 6.45) is 1.06. The second-order valence-electron chi connectivity index (χ2n) is 11.1. The van der Waals surface area contributed by atoms with Crippen LogP contribution >= 0.6 is 0 Å². The molecule has 0 N–H and O–H groups in total. The first-order chi connectivity index (χ1) is 21.9. The van der Waals surface area contributed by atoms with Crippen LogP contribution in [0.5, 0.6) is 0 Å². The smallest absolute Gasteiger partial charge is 0.334 e. The van der Waals surface area contributed by atoms with Crippen molar-refractivity contribution >= 4 is 0 Å². The molecule has 1 heterocycles. The van der Waals surface area contributed by atoms with Gasteiger partial charge in [-0.2, -0.15) is 53.3 Å². The molecule has 0 aliphatic heterocycles. The van der Waals surface area contributed by atoms with Gasteiger partial charge < -0.3 is 4.52 Å². The molecule has 0 aliphatic carbocycles. The molecule has 4 rings (SSSR count). The number of aryl methyl sites for hydroxylation is 1. The molecule has 3 aromatic carbocycles. The van der Waals surface area contributed by atoms with Crippen LogP contribution in [0.2, 0.25) is 0 Å². The second-order valence-corrected chi connectivity index (χ2v) is 11.1. The van der Waals surface area contributed by atoms with Crippen molar-refractivity contribution < 1.29 is 52.8 Å². The van der Waals surface area contributed by atoms with Gasteiger partial charge in [0.15, 0.2) is 0 Å². The Hall–Kier alpha value is -3.97. The molecule has 4 aromatic rings. The zero-order valence-corrected chi connectivity index (χ0v) is 24.8. The molecule has 0 aliphatic rings. The number of hydrogen-bond donors (Lipinski definition) is 0. The van der Waals surface area contributed by atoms with Crippen LogP contribution in [0.1, 0.15) is 56.6 Å². The van der Waals surface area contributed by atoms with Crippen molar-refractivity contribution in [2.45, 2.75) is 81.7 Å². The third kappa shape index (κ3) is 7.15. The minimum atomic E-state index is -7.49. The number of rotatable bonds is 14. The average Bonchev–Trinajstić information content (AvgIpc) is 3.53. The Kier molecular flexibility index (Phi) is 10.4. The van der Waals surface area contributed by atoms with Crippen LogP contribution in [0.15, 0.2) is 77.3 Å². The minimum absolute atomic E-state index is 0.0517. The standard InChI is InChI=1S/C33H29F11N2O/c1-2-3-4-5-6-7-8-21-9-11-22(12-10-21)23-13-15-24(16-14-23)27-45-28(47-46-27)25-17-19-26(20-18-25)29(34,35)30(36,37)31(38,39)32(40,41)33(42,43)44/h9-20H,2-8H2,1H3. The van der Waals surface area contributed by atoms with Crippen LogP contribution in [-0.2, 0) is 12.3 Å². The van der Waals surface area contributed by atoms with Crippen molar-refractivity contribution in [3.05, 3.63) is 83.9 Å². The summed E-state index contributed by atoms with van der Waals surface area (Å²) in [5.74, 6) is -28.5. The summed E-state index contributed by atoms with van der Waals surface area (Å²) in [6.45, 7) is 2.18. The highest BCUT2D eigenvalue weighted by atomic mass is 19.4. The predicted molar refractivity (Wildman–Crippen MR) is 152 cm³/mol. The van der Waals surface area contributed by atoms with Crippen LogP contribution in [0.3, 0.4) is 0 Å². The largest absolute Gasteiger partial charge is 0.460 e. The molecular weight excluding hydrogens is 649 g/mol. The molecule has 14 heteroatoms. The van der Waals surface area contributed by atoms with Crippen molar-refractivity contribution in [2.24, 2.45) is 0 Å². The number of halogens is 11. The molecule has 47 heavy (non-hydrogen) atoms. The lowest BCUT2D eigenvalue weighted by Crippen LogP contribution is -2.65. The summed E-state index contributed by atoms with van der Waals surface area (Å²) in [5, 5.41) is 3.78. The van der Waals surface area contributed by atoms with Gasteiger partial charge in [-0.1, -0.05) is 105 Å². The van der Waals surface area contributed by atoms with Crippen molar-refractivity contribution in [2.75, 3.05) is 0 Å². The van der Waals surface area contributed by atoms with Crippen molar-refractivity contribution in [1.82, 2.24) is 10.1 Å². The maximum absolute atomic E-state index is 14.4. The molecule has 3 nitrogen and oxygen atoms in total.